The summed E-state index contributed by atoms with van der Waals surface area (Å²) in [5.41, 5.74) is 2.37. The highest BCUT2D eigenvalue weighted by Gasteiger charge is 2.15. The number of sulfonamides is 1. The molecule has 0 aliphatic heterocycles. The van der Waals surface area contributed by atoms with E-state index in [1.165, 1.54) is 18.2 Å². The van der Waals surface area contributed by atoms with Gasteiger partial charge in [-0.2, -0.15) is 0 Å². The van der Waals surface area contributed by atoms with Crippen LogP contribution in [-0.2, 0) is 10.0 Å². The van der Waals surface area contributed by atoms with Crippen molar-refractivity contribution in [2.24, 2.45) is 0 Å². The fourth-order valence-electron chi connectivity index (χ4n) is 3.29. The van der Waals surface area contributed by atoms with Crippen molar-refractivity contribution in [3.8, 4) is 11.3 Å². The first-order chi connectivity index (χ1) is 15.2. The van der Waals surface area contributed by atoms with Gasteiger partial charge in [-0.25, -0.2) is 8.42 Å². The third-order valence-electron chi connectivity index (χ3n) is 4.67. The number of carbonyl (C=O) groups is 1. The smallest absolute Gasteiger partial charge is 0.257 e. The molecule has 0 spiro atoms. The number of amides is 1. The standard InChI is InChI=1S/C23H17Cl2N3O3S/c1-32(30,31)28-16-6-8-18(21(25)13-16)23(29)27-15-7-9-20(24)19(12-15)22-17-5-3-2-4-14(17)10-11-26-22/h2-13,28H,1H3,(H,27,29). The van der Waals surface area contributed by atoms with Gasteiger partial charge in [-0.1, -0.05) is 47.5 Å². The third-order valence-corrected chi connectivity index (χ3v) is 5.92. The predicted octanol–water partition coefficient (Wildman–Crippen LogP) is 5.83. The van der Waals surface area contributed by atoms with Crippen LogP contribution in [0.4, 0.5) is 11.4 Å². The van der Waals surface area contributed by atoms with Gasteiger partial charge in [-0.05, 0) is 47.9 Å². The van der Waals surface area contributed by atoms with Gasteiger partial charge in [0.15, 0.2) is 0 Å². The van der Waals surface area contributed by atoms with E-state index in [9.17, 15) is 13.2 Å². The molecule has 0 saturated carbocycles. The van der Waals surface area contributed by atoms with Gasteiger partial charge in [-0.3, -0.25) is 14.5 Å². The average Bonchev–Trinajstić information content (AvgIpc) is 2.73. The maximum absolute atomic E-state index is 12.8. The molecule has 0 saturated heterocycles. The predicted molar refractivity (Wildman–Crippen MR) is 130 cm³/mol. The molecular weight excluding hydrogens is 469 g/mol. The first-order valence-electron chi connectivity index (χ1n) is 9.44. The molecule has 2 N–H and O–H groups in total. The fourth-order valence-corrected chi connectivity index (χ4v) is 4.32. The molecule has 0 bridgehead atoms. The summed E-state index contributed by atoms with van der Waals surface area (Å²) in [6, 6.07) is 19.2. The zero-order valence-corrected chi connectivity index (χ0v) is 19.1. The second kappa shape index (κ2) is 8.78. The van der Waals surface area contributed by atoms with Gasteiger partial charge in [-0.15, -0.1) is 0 Å². The normalized spacial score (nSPS) is 11.3. The summed E-state index contributed by atoms with van der Waals surface area (Å²) in [6.45, 7) is 0. The molecule has 0 fully saturated rings. The zero-order chi connectivity index (χ0) is 22.9. The number of benzene rings is 3. The van der Waals surface area contributed by atoms with Crippen LogP contribution < -0.4 is 10.0 Å². The minimum Gasteiger partial charge on any atom is -0.322 e. The number of pyridine rings is 1. The Labute approximate surface area is 195 Å². The van der Waals surface area contributed by atoms with Gasteiger partial charge in [0, 0.05) is 28.5 Å². The number of anilines is 2. The minimum atomic E-state index is -3.45. The van der Waals surface area contributed by atoms with Crippen LogP contribution in [0, 0.1) is 0 Å². The summed E-state index contributed by atoms with van der Waals surface area (Å²) < 4.78 is 25.1. The lowest BCUT2D eigenvalue weighted by molar-refractivity contribution is 0.102. The number of rotatable bonds is 5. The van der Waals surface area contributed by atoms with Crippen LogP contribution in [0.5, 0.6) is 0 Å². The summed E-state index contributed by atoms with van der Waals surface area (Å²) >= 11 is 12.7. The van der Waals surface area contributed by atoms with Crippen molar-refractivity contribution in [3.63, 3.8) is 0 Å². The summed E-state index contributed by atoms with van der Waals surface area (Å²) in [5.74, 6) is -0.444. The molecule has 4 rings (SSSR count). The van der Waals surface area contributed by atoms with Crippen LogP contribution >= 0.6 is 23.2 Å². The topological polar surface area (TPSA) is 88.2 Å². The number of nitrogens with zero attached hydrogens (tertiary/aromatic N) is 1. The van der Waals surface area contributed by atoms with Crippen molar-refractivity contribution in [2.45, 2.75) is 0 Å². The maximum atomic E-state index is 12.8. The van der Waals surface area contributed by atoms with E-state index in [2.05, 4.69) is 15.0 Å². The van der Waals surface area contributed by atoms with Crippen molar-refractivity contribution >= 4 is 61.3 Å². The van der Waals surface area contributed by atoms with Crippen LogP contribution in [0.3, 0.4) is 0 Å². The van der Waals surface area contributed by atoms with Gasteiger partial charge in [0.2, 0.25) is 10.0 Å². The first kappa shape index (κ1) is 22.1. The van der Waals surface area contributed by atoms with E-state index in [-0.39, 0.29) is 16.3 Å². The van der Waals surface area contributed by atoms with Crippen molar-refractivity contribution < 1.29 is 13.2 Å². The number of carbonyl (C=O) groups excluding carboxylic acids is 1. The second-order valence-corrected chi connectivity index (χ2v) is 9.66. The lowest BCUT2D eigenvalue weighted by Crippen LogP contribution is -2.14. The Morgan fingerprint density at radius 1 is 0.906 bits per heavy atom. The largest absolute Gasteiger partial charge is 0.322 e. The highest BCUT2D eigenvalue weighted by atomic mass is 35.5. The van der Waals surface area contributed by atoms with Gasteiger partial charge in [0.05, 0.1) is 27.6 Å². The molecule has 0 radical (unpaired) electrons. The van der Waals surface area contributed by atoms with E-state index in [1.807, 2.05) is 30.3 Å². The van der Waals surface area contributed by atoms with Crippen LogP contribution in [0.25, 0.3) is 22.0 Å². The summed E-state index contributed by atoms with van der Waals surface area (Å²) in [7, 11) is -3.45. The van der Waals surface area contributed by atoms with Crippen molar-refractivity contribution in [1.29, 1.82) is 0 Å². The summed E-state index contributed by atoms with van der Waals surface area (Å²) in [5, 5.41) is 5.38. The fraction of sp³-hybridized carbons (Fsp3) is 0.0435. The highest BCUT2D eigenvalue weighted by molar-refractivity contribution is 7.92. The van der Waals surface area contributed by atoms with Crippen molar-refractivity contribution in [3.05, 3.63) is 88.5 Å². The molecular formula is C23H17Cl2N3O3S. The van der Waals surface area contributed by atoms with E-state index in [4.69, 9.17) is 23.2 Å². The molecule has 32 heavy (non-hydrogen) atoms. The van der Waals surface area contributed by atoms with Gasteiger partial charge in [0.1, 0.15) is 0 Å². The lowest BCUT2D eigenvalue weighted by Gasteiger charge is -2.12. The van der Waals surface area contributed by atoms with Crippen LogP contribution in [0.1, 0.15) is 10.4 Å². The highest BCUT2D eigenvalue weighted by Crippen LogP contribution is 2.34. The van der Waals surface area contributed by atoms with E-state index in [0.717, 1.165) is 17.0 Å². The maximum Gasteiger partial charge on any atom is 0.257 e. The number of hydrogen-bond acceptors (Lipinski definition) is 4. The van der Waals surface area contributed by atoms with E-state index in [1.54, 1.807) is 24.4 Å². The Morgan fingerprint density at radius 2 is 1.66 bits per heavy atom. The number of halogens is 2. The van der Waals surface area contributed by atoms with Gasteiger partial charge >= 0.3 is 0 Å². The van der Waals surface area contributed by atoms with Crippen LogP contribution in [-0.4, -0.2) is 25.6 Å². The molecule has 0 aliphatic rings. The number of hydrogen-bond donors (Lipinski definition) is 2. The second-order valence-electron chi connectivity index (χ2n) is 7.10. The zero-order valence-electron chi connectivity index (χ0n) is 16.8. The average molecular weight is 486 g/mol. The SMILES string of the molecule is CS(=O)(=O)Nc1ccc(C(=O)Nc2ccc(Cl)c(-c3nccc4ccccc34)c2)c(Cl)c1. The Bertz CT molecular complexity index is 1450. The monoisotopic (exact) mass is 485 g/mol. The summed E-state index contributed by atoms with van der Waals surface area (Å²) in [4.78, 5) is 17.3. The van der Waals surface area contributed by atoms with Crippen molar-refractivity contribution in [1.82, 2.24) is 4.98 Å². The Hall–Kier alpha value is -3.13. The van der Waals surface area contributed by atoms with Gasteiger partial charge < -0.3 is 5.32 Å². The molecule has 0 unspecified atom stereocenters. The molecule has 9 heteroatoms. The quantitative estimate of drug-likeness (QED) is 0.372. The van der Waals surface area contributed by atoms with E-state index < -0.39 is 15.9 Å². The molecule has 6 nitrogen and oxygen atoms in total. The molecule has 1 aromatic heterocycles. The van der Waals surface area contributed by atoms with E-state index in [0.29, 0.717) is 22.0 Å². The molecule has 4 aromatic rings. The van der Waals surface area contributed by atoms with Gasteiger partial charge in [0.25, 0.3) is 5.91 Å². The third kappa shape index (κ3) is 4.85. The first-order valence-corrected chi connectivity index (χ1v) is 12.1. The Morgan fingerprint density at radius 3 is 2.41 bits per heavy atom. The minimum absolute atomic E-state index is 0.112. The van der Waals surface area contributed by atoms with Crippen LogP contribution in [0.2, 0.25) is 10.0 Å². The Balaban J connectivity index is 1.64. The van der Waals surface area contributed by atoms with Crippen molar-refractivity contribution in [2.75, 3.05) is 16.3 Å². The Kier molecular flexibility index (Phi) is 6.06. The molecule has 1 heterocycles. The van der Waals surface area contributed by atoms with E-state index >= 15 is 0 Å². The molecule has 162 valence electrons. The number of fused-ring (bicyclic) bond motifs is 1. The number of aromatic nitrogens is 1. The molecule has 0 aliphatic carbocycles. The number of nitrogens with one attached hydrogen (secondary N) is 2. The lowest BCUT2D eigenvalue weighted by atomic mass is 10.0. The molecule has 3 aromatic carbocycles. The molecule has 1 amide bonds. The molecule has 0 atom stereocenters. The summed E-state index contributed by atoms with van der Waals surface area (Å²) in [6.07, 6.45) is 2.75. The van der Waals surface area contributed by atoms with Crippen LogP contribution in [0.15, 0.2) is 72.9 Å².